The van der Waals surface area contributed by atoms with Crippen molar-refractivity contribution in [2.24, 2.45) is 0 Å². The van der Waals surface area contributed by atoms with E-state index in [0.29, 0.717) is 0 Å². The van der Waals surface area contributed by atoms with E-state index in [4.69, 9.17) is 14.9 Å². The fourth-order valence-electron chi connectivity index (χ4n) is 4.15. The zero-order valence-electron chi connectivity index (χ0n) is 18.5. The number of ether oxygens (including phenoxy) is 1. The van der Waals surface area contributed by atoms with Crippen molar-refractivity contribution in [3.8, 4) is 11.1 Å². The van der Waals surface area contributed by atoms with E-state index in [1.807, 2.05) is 48.5 Å². The van der Waals surface area contributed by atoms with Gasteiger partial charge in [0.15, 0.2) is 0 Å². The quantitative estimate of drug-likeness (QED) is 0.391. The number of aliphatic hydroxyl groups excluding tert-OH is 1. The number of aliphatic carboxylic acids is 1. The van der Waals surface area contributed by atoms with Crippen LogP contribution >= 0.6 is 0 Å². The summed E-state index contributed by atoms with van der Waals surface area (Å²) in [5, 5.41) is 22.6. The fourth-order valence-corrected chi connectivity index (χ4v) is 4.15. The van der Waals surface area contributed by atoms with Crippen LogP contribution in [0.3, 0.4) is 0 Å². The number of anilines is 1. The molecule has 1 atom stereocenters. The molecule has 2 amide bonds. The Morgan fingerprint density at radius 1 is 0.971 bits per heavy atom. The lowest BCUT2D eigenvalue weighted by Crippen LogP contribution is -2.41. The van der Waals surface area contributed by atoms with E-state index in [0.717, 1.165) is 34.4 Å². The zero-order chi connectivity index (χ0) is 24.9. The Balaban J connectivity index is 1.39. The molecule has 9 heteroatoms. The Bertz CT molecular complexity index is 1230. The number of hydrogen-bond acceptors (Lipinski definition) is 5. The van der Waals surface area contributed by atoms with Crippen LogP contribution in [0.15, 0.2) is 66.7 Å². The molecule has 1 aliphatic carbocycles. The summed E-state index contributed by atoms with van der Waals surface area (Å²) >= 11 is 0. The summed E-state index contributed by atoms with van der Waals surface area (Å²) in [6.45, 7) is -0.368. The molecule has 4 rings (SSSR count). The van der Waals surface area contributed by atoms with Crippen LogP contribution in [0.4, 0.5) is 14.9 Å². The highest BCUT2D eigenvalue weighted by atomic mass is 19.1. The molecule has 0 aromatic heterocycles. The molecule has 0 radical (unpaired) electrons. The van der Waals surface area contributed by atoms with Crippen molar-refractivity contribution < 1.29 is 33.7 Å². The van der Waals surface area contributed by atoms with Gasteiger partial charge in [-0.2, -0.15) is 0 Å². The van der Waals surface area contributed by atoms with Crippen molar-refractivity contribution in [1.29, 1.82) is 0 Å². The van der Waals surface area contributed by atoms with Crippen LogP contribution in [0.25, 0.3) is 11.1 Å². The molecule has 0 saturated carbocycles. The van der Waals surface area contributed by atoms with Crippen molar-refractivity contribution >= 4 is 23.7 Å². The van der Waals surface area contributed by atoms with Crippen LogP contribution in [0, 0.1) is 5.82 Å². The second kappa shape index (κ2) is 10.4. The number of hydrogen-bond donors (Lipinski definition) is 4. The van der Waals surface area contributed by atoms with Crippen LogP contribution in [0.2, 0.25) is 0 Å². The summed E-state index contributed by atoms with van der Waals surface area (Å²) in [5.74, 6) is -3.37. The highest BCUT2D eigenvalue weighted by Gasteiger charge is 2.29. The first-order valence-electron chi connectivity index (χ1n) is 10.9. The van der Waals surface area contributed by atoms with Crippen LogP contribution < -0.4 is 10.6 Å². The van der Waals surface area contributed by atoms with Gasteiger partial charge in [-0.25, -0.2) is 14.0 Å². The Kier molecular flexibility index (Phi) is 7.07. The van der Waals surface area contributed by atoms with E-state index in [-0.39, 0.29) is 24.6 Å². The molecular weight excluding hydrogens is 455 g/mol. The van der Waals surface area contributed by atoms with E-state index >= 15 is 0 Å². The number of benzene rings is 3. The lowest BCUT2D eigenvalue weighted by atomic mass is 9.98. The molecule has 3 aromatic rings. The van der Waals surface area contributed by atoms with Gasteiger partial charge in [0, 0.05) is 24.6 Å². The van der Waals surface area contributed by atoms with Gasteiger partial charge in [-0.15, -0.1) is 0 Å². The molecule has 0 saturated heterocycles. The molecule has 1 aliphatic rings. The highest BCUT2D eigenvalue weighted by Crippen LogP contribution is 2.44. The number of halogens is 1. The third-order valence-electron chi connectivity index (χ3n) is 5.82. The van der Waals surface area contributed by atoms with Crippen LogP contribution in [0.5, 0.6) is 0 Å². The number of aliphatic hydroxyl groups is 1. The van der Waals surface area contributed by atoms with Crippen molar-refractivity contribution in [1.82, 2.24) is 5.32 Å². The maximum Gasteiger partial charge on any atom is 0.411 e. The Morgan fingerprint density at radius 3 is 2.17 bits per heavy atom. The van der Waals surface area contributed by atoms with Gasteiger partial charge >= 0.3 is 12.1 Å². The summed E-state index contributed by atoms with van der Waals surface area (Å²) in [5.41, 5.74) is 3.98. The summed E-state index contributed by atoms with van der Waals surface area (Å²) < 4.78 is 19.9. The number of carboxylic acid groups (broad SMARTS) is 1. The normalized spacial score (nSPS) is 12.9. The Hall–Kier alpha value is -4.24. The maximum atomic E-state index is 14.5. The van der Waals surface area contributed by atoms with Gasteiger partial charge in [0.1, 0.15) is 18.5 Å². The fraction of sp³-hybridized carbons (Fsp3) is 0.192. The molecule has 0 bridgehead atoms. The van der Waals surface area contributed by atoms with Gasteiger partial charge in [0.2, 0.25) is 0 Å². The summed E-state index contributed by atoms with van der Waals surface area (Å²) in [6, 6.07) is 17.8. The van der Waals surface area contributed by atoms with Crippen molar-refractivity contribution in [2.45, 2.75) is 18.4 Å². The maximum absolute atomic E-state index is 14.5. The van der Waals surface area contributed by atoms with E-state index in [1.165, 1.54) is 6.07 Å². The van der Waals surface area contributed by atoms with Gasteiger partial charge in [-0.3, -0.25) is 10.1 Å². The highest BCUT2D eigenvalue weighted by molar-refractivity contribution is 5.97. The number of amides is 2. The molecule has 3 aromatic carbocycles. The summed E-state index contributed by atoms with van der Waals surface area (Å²) in [6.07, 6.45) is -0.998. The van der Waals surface area contributed by atoms with Gasteiger partial charge in [0.25, 0.3) is 5.91 Å². The van der Waals surface area contributed by atoms with E-state index in [2.05, 4.69) is 10.6 Å². The van der Waals surface area contributed by atoms with E-state index in [1.54, 1.807) is 0 Å². The molecule has 0 spiro atoms. The average Bonchev–Trinajstić information content (AvgIpc) is 3.16. The van der Waals surface area contributed by atoms with Gasteiger partial charge in [-0.1, -0.05) is 48.5 Å². The van der Waals surface area contributed by atoms with Crippen molar-refractivity contribution in [2.75, 3.05) is 18.5 Å². The molecule has 1 unspecified atom stereocenters. The molecule has 0 heterocycles. The summed E-state index contributed by atoms with van der Waals surface area (Å²) in [7, 11) is 0. The first-order valence-corrected chi connectivity index (χ1v) is 10.9. The van der Waals surface area contributed by atoms with Crippen molar-refractivity contribution in [3.05, 3.63) is 89.2 Å². The first-order chi connectivity index (χ1) is 16.9. The third-order valence-corrected chi connectivity index (χ3v) is 5.82. The van der Waals surface area contributed by atoms with E-state index < -0.39 is 42.0 Å². The van der Waals surface area contributed by atoms with Gasteiger partial charge in [-0.05, 0) is 40.5 Å². The standard InChI is InChI=1S/C26H23FN2O6/c27-22-13-15(9-10-20(22)24(31)29-23(11-12-30)25(32)33)28-26(34)35-14-21-18-7-3-1-5-16(18)17-6-2-4-8-19(17)21/h1-10,13,21,23,30H,11-12,14H2,(H,28,34)(H,29,31)(H,32,33). The number of carboxylic acids is 1. The Morgan fingerprint density at radius 2 is 1.60 bits per heavy atom. The minimum absolute atomic E-state index is 0.0708. The number of nitrogens with one attached hydrogen (secondary N) is 2. The van der Waals surface area contributed by atoms with Gasteiger partial charge in [0.05, 0.1) is 5.56 Å². The lowest BCUT2D eigenvalue weighted by Gasteiger charge is -2.15. The van der Waals surface area contributed by atoms with Gasteiger partial charge < -0.3 is 20.3 Å². The van der Waals surface area contributed by atoms with Crippen LogP contribution in [-0.2, 0) is 9.53 Å². The molecule has 8 nitrogen and oxygen atoms in total. The minimum Gasteiger partial charge on any atom is -0.480 e. The average molecular weight is 478 g/mol. The number of carbonyl (C=O) groups is 3. The lowest BCUT2D eigenvalue weighted by molar-refractivity contribution is -0.139. The molecular formula is C26H23FN2O6. The monoisotopic (exact) mass is 478 g/mol. The number of rotatable bonds is 8. The second-order valence-corrected chi connectivity index (χ2v) is 8.02. The topological polar surface area (TPSA) is 125 Å². The predicted octanol–water partition coefficient (Wildman–Crippen LogP) is 3.75. The van der Waals surface area contributed by atoms with Crippen molar-refractivity contribution in [3.63, 3.8) is 0 Å². The first kappa shape index (κ1) is 23.9. The second-order valence-electron chi connectivity index (χ2n) is 8.02. The third kappa shape index (κ3) is 5.15. The SMILES string of the molecule is O=C(Nc1ccc(C(=O)NC(CCO)C(=O)O)c(F)c1)OCC1c2ccccc2-c2ccccc21. The number of carbonyl (C=O) groups excluding carboxylic acids is 2. The summed E-state index contributed by atoms with van der Waals surface area (Å²) in [4.78, 5) is 35.8. The largest absolute Gasteiger partial charge is 0.480 e. The predicted molar refractivity (Wildman–Crippen MR) is 126 cm³/mol. The minimum atomic E-state index is -1.36. The Labute approximate surface area is 200 Å². The van der Waals surface area contributed by atoms with Crippen LogP contribution in [-0.4, -0.2) is 47.4 Å². The molecule has 4 N–H and O–H groups in total. The van der Waals surface area contributed by atoms with Crippen LogP contribution in [0.1, 0.15) is 33.8 Å². The molecule has 0 fully saturated rings. The van der Waals surface area contributed by atoms with E-state index in [9.17, 15) is 18.8 Å². The zero-order valence-corrected chi connectivity index (χ0v) is 18.5. The molecule has 0 aliphatic heterocycles. The molecule has 180 valence electrons. The molecule has 35 heavy (non-hydrogen) atoms. The smallest absolute Gasteiger partial charge is 0.411 e. The number of fused-ring (bicyclic) bond motifs is 3.